The van der Waals surface area contributed by atoms with E-state index >= 15 is 0 Å². The van der Waals surface area contributed by atoms with Crippen molar-refractivity contribution < 1.29 is 26.5 Å². The Bertz CT molecular complexity index is 1410. The Balaban J connectivity index is 0.000000195. The number of rotatable bonds is 8. The minimum Gasteiger partial charge on any atom is -0.203 e. The van der Waals surface area contributed by atoms with E-state index in [-0.39, 0.29) is 0 Å². The molecule has 0 radical (unpaired) electrons. The monoisotopic (exact) mass is 559 g/mol. The molecule has 0 unspecified atom stereocenters. The molecule has 0 saturated heterocycles. The van der Waals surface area contributed by atoms with Crippen molar-refractivity contribution >= 4 is 22.5 Å². The van der Waals surface area contributed by atoms with Gasteiger partial charge in [-0.3, -0.25) is 0 Å². The van der Waals surface area contributed by atoms with Gasteiger partial charge in [0, 0.05) is 12.1 Å². The van der Waals surface area contributed by atoms with E-state index < -0.39 is 47.3 Å². The van der Waals surface area contributed by atoms with Crippen molar-refractivity contribution in [1.82, 2.24) is 0 Å². The maximum absolute atomic E-state index is 13.4. The highest BCUT2D eigenvalue weighted by Crippen LogP contribution is 2.22. The largest absolute Gasteiger partial charge is 0.203 e. The first-order chi connectivity index (χ1) is 19.9. The van der Waals surface area contributed by atoms with Crippen LogP contribution < -0.4 is 21.0 Å². The Kier molecular flexibility index (Phi) is 10.1. The summed E-state index contributed by atoms with van der Waals surface area (Å²) in [4.78, 5) is 0. The fourth-order valence-corrected chi connectivity index (χ4v) is 5.44. The molecule has 0 atom stereocenters. The molecular formula is C34H31BF5N. The maximum Gasteiger partial charge on any atom is 0.200 e. The number of aromatic nitrogens is 1. The first-order valence-electron chi connectivity index (χ1n) is 13.7. The molecule has 4 aromatic carbocycles. The summed E-state index contributed by atoms with van der Waals surface area (Å²) in [6, 6.07) is 38.0. The van der Waals surface area contributed by atoms with Crippen molar-refractivity contribution in [2.75, 3.05) is 0 Å². The average molecular weight is 559 g/mol. The fraction of sp³-hybridized carbons (Fsp3) is 0.147. The zero-order valence-corrected chi connectivity index (χ0v) is 22.8. The second-order valence-electron chi connectivity index (χ2n) is 10.0. The van der Waals surface area contributed by atoms with Crippen LogP contribution in [0.2, 0.25) is 6.32 Å². The summed E-state index contributed by atoms with van der Waals surface area (Å²) in [7, 11) is 0. The van der Waals surface area contributed by atoms with Crippen LogP contribution in [0, 0.1) is 29.1 Å². The third-order valence-electron chi connectivity index (χ3n) is 7.52. The first kappa shape index (κ1) is 29.7. The summed E-state index contributed by atoms with van der Waals surface area (Å²) < 4.78 is 66.7. The molecule has 0 spiro atoms. The molecular weight excluding hydrogens is 528 g/mol. The molecule has 1 aromatic heterocycles. The lowest BCUT2D eigenvalue weighted by Crippen LogP contribution is -2.66. The predicted molar refractivity (Wildman–Crippen MR) is 156 cm³/mol. The van der Waals surface area contributed by atoms with E-state index in [4.69, 9.17) is 0 Å². The molecule has 1 heterocycles. The highest BCUT2D eigenvalue weighted by atomic mass is 19.2. The number of halogens is 5. The van der Waals surface area contributed by atoms with Gasteiger partial charge in [-0.2, -0.15) is 22.7 Å². The van der Waals surface area contributed by atoms with Crippen LogP contribution in [0.1, 0.15) is 25.3 Å². The lowest BCUT2D eigenvalue weighted by molar-refractivity contribution is -0.688. The third-order valence-corrected chi connectivity index (χ3v) is 7.52. The van der Waals surface area contributed by atoms with Crippen LogP contribution in [0.25, 0.3) is 0 Å². The van der Waals surface area contributed by atoms with Gasteiger partial charge in [-0.15, -0.1) is 0 Å². The average Bonchev–Trinajstić information content (AvgIpc) is 3.04. The van der Waals surface area contributed by atoms with Gasteiger partial charge in [-0.05, 0) is 0 Å². The second-order valence-corrected chi connectivity index (χ2v) is 10.0. The molecule has 0 bridgehead atoms. The summed E-state index contributed by atoms with van der Waals surface area (Å²) >= 11 is 0. The highest BCUT2D eigenvalue weighted by Gasteiger charge is 2.29. The lowest BCUT2D eigenvalue weighted by atomic mass is 9.14. The fourth-order valence-electron chi connectivity index (χ4n) is 5.44. The summed E-state index contributed by atoms with van der Waals surface area (Å²) in [5.41, 5.74) is 3.47. The molecule has 5 rings (SSSR count). The topological polar surface area (TPSA) is 3.88 Å². The Morgan fingerprint density at radius 3 is 1.27 bits per heavy atom. The smallest absolute Gasteiger partial charge is 0.200 e. The summed E-state index contributed by atoms with van der Waals surface area (Å²) in [6.07, 6.45) is 5.64. The van der Waals surface area contributed by atoms with Crippen LogP contribution >= 0.6 is 0 Å². The van der Waals surface area contributed by atoms with E-state index in [2.05, 4.69) is 97.9 Å². The standard InChI is InChI=1S/C22H24B.C12H7F5N/c1-2-3-19-23(20-13-7-4-8-14-20,21-15-9-5-10-16-21)22-17-11-6-12-18-22;13-8-7(6-18-4-2-1-3-5-18)9(14)11(16)12(17)10(8)15/h4-18H,2-3,19H2,1H3;1-5H,6H2/q-1;+1. The summed E-state index contributed by atoms with van der Waals surface area (Å²) in [5, 5.41) is 0. The molecule has 0 saturated carbocycles. The van der Waals surface area contributed by atoms with Crippen molar-refractivity contribution in [3.63, 3.8) is 0 Å². The van der Waals surface area contributed by atoms with Gasteiger partial charge < -0.3 is 0 Å². The van der Waals surface area contributed by atoms with Crippen molar-refractivity contribution in [1.29, 1.82) is 0 Å². The van der Waals surface area contributed by atoms with Gasteiger partial charge in [-0.25, -0.2) is 26.5 Å². The molecule has 0 aliphatic heterocycles. The minimum absolute atomic E-state index is 0.438. The molecule has 0 aliphatic carbocycles. The SMILES string of the molecule is CCCC[B-](c1ccccc1)(c1ccccc1)c1ccccc1.Fc1c(F)c(F)c(C[n+]2ccccc2)c(F)c1F. The molecule has 5 aromatic rings. The number of pyridine rings is 1. The Hall–Kier alpha value is -4.26. The van der Waals surface area contributed by atoms with Gasteiger partial charge >= 0.3 is 0 Å². The van der Waals surface area contributed by atoms with Crippen LogP contribution in [0.5, 0.6) is 0 Å². The van der Waals surface area contributed by atoms with Gasteiger partial charge in [0.2, 0.25) is 5.82 Å². The molecule has 0 amide bonds. The number of nitrogens with zero attached hydrogens (tertiary/aromatic N) is 1. The molecule has 7 heteroatoms. The second kappa shape index (κ2) is 13.9. The Morgan fingerprint density at radius 2 is 0.878 bits per heavy atom. The van der Waals surface area contributed by atoms with Gasteiger partial charge in [0.05, 0.1) is 11.7 Å². The lowest BCUT2D eigenvalue weighted by Gasteiger charge is -2.43. The molecule has 210 valence electrons. The number of hydrogen-bond acceptors (Lipinski definition) is 0. The molecule has 41 heavy (non-hydrogen) atoms. The highest BCUT2D eigenvalue weighted by molar-refractivity contribution is 7.11. The summed E-state index contributed by atoms with van der Waals surface area (Å²) in [5.74, 6) is -9.61. The Labute approximate surface area is 237 Å². The van der Waals surface area contributed by atoms with Crippen molar-refractivity contribution in [3.8, 4) is 0 Å². The molecule has 0 N–H and O–H groups in total. The van der Waals surface area contributed by atoms with Crippen molar-refractivity contribution in [3.05, 3.63) is 156 Å². The van der Waals surface area contributed by atoms with E-state index in [1.54, 1.807) is 18.2 Å². The van der Waals surface area contributed by atoms with E-state index in [1.165, 1.54) is 52.5 Å². The number of unbranched alkanes of at least 4 members (excludes halogenated alkanes) is 1. The first-order valence-corrected chi connectivity index (χ1v) is 13.7. The van der Waals surface area contributed by atoms with Crippen LogP contribution in [-0.4, -0.2) is 6.15 Å². The Morgan fingerprint density at radius 1 is 0.512 bits per heavy atom. The number of hydrogen-bond donors (Lipinski definition) is 0. The van der Waals surface area contributed by atoms with Gasteiger partial charge in [0.15, 0.2) is 42.2 Å². The van der Waals surface area contributed by atoms with Crippen LogP contribution in [0.4, 0.5) is 22.0 Å². The molecule has 0 fully saturated rings. The zero-order valence-electron chi connectivity index (χ0n) is 22.8. The minimum atomic E-state index is -2.15. The number of benzene rings is 4. The van der Waals surface area contributed by atoms with Crippen LogP contribution in [0.15, 0.2) is 122 Å². The van der Waals surface area contributed by atoms with Crippen LogP contribution in [0.3, 0.4) is 0 Å². The van der Waals surface area contributed by atoms with Crippen molar-refractivity contribution in [2.24, 2.45) is 0 Å². The summed E-state index contributed by atoms with van der Waals surface area (Å²) in [6.45, 7) is 1.84. The molecule has 1 nitrogen and oxygen atoms in total. The van der Waals surface area contributed by atoms with E-state index in [0.717, 1.165) is 0 Å². The quantitative estimate of drug-likeness (QED) is 0.0657. The van der Waals surface area contributed by atoms with Crippen LogP contribution in [-0.2, 0) is 6.54 Å². The molecule has 0 aliphatic rings. The third kappa shape index (κ3) is 6.56. The van der Waals surface area contributed by atoms with Crippen molar-refractivity contribution in [2.45, 2.75) is 32.6 Å². The van der Waals surface area contributed by atoms with Gasteiger partial charge in [-0.1, -0.05) is 117 Å². The zero-order chi connectivity index (χ0) is 29.2. The van der Waals surface area contributed by atoms with E-state index in [0.29, 0.717) is 0 Å². The maximum atomic E-state index is 13.4. The van der Waals surface area contributed by atoms with Gasteiger partial charge in [0.25, 0.3) is 0 Å². The normalized spacial score (nSPS) is 11.1. The van der Waals surface area contributed by atoms with E-state index in [1.807, 2.05) is 0 Å². The van der Waals surface area contributed by atoms with E-state index in [9.17, 15) is 22.0 Å². The van der Waals surface area contributed by atoms with Gasteiger partial charge in [0.1, 0.15) is 0 Å². The predicted octanol–water partition coefficient (Wildman–Crippen LogP) is 6.67.